The van der Waals surface area contributed by atoms with Crippen LogP contribution in [0.1, 0.15) is 28.2 Å². The number of amides is 1. The van der Waals surface area contributed by atoms with Gasteiger partial charge in [0.1, 0.15) is 18.1 Å². The fourth-order valence-corrected chi connectivity index (χ4v) is 3.98. The molecule has 0 radical (unpaired) electrons. The highest BCUT2D eigenvalue weighted by molar-refractivity contribution is 7.19. The highest BCUT2D eigenvalue weighted by Crippen LogP contribution is 2.30. The zero-order valence-electron chi connectivity index (χ0n) is 14.3. The maximum Gasteiger partial charge on any atom is 0.267 e. The van der Waals surface area contributed by atoms with Crippen LogP contribution in [0.15, 0.2) is 42.5 Å². The topological polar surface area (TPSA) is 43.3 Å². The molecular weight excluding hydrogens is 332 g/mol. The maximum atomic E-state index is 12.6. The molecule has 25 heavy (non-hydrogen) atoms. The number of benzene rings is 1. The molecule has 3 aromatic rings. The lowest BCUT2D eigenvalue weighted by Gasteiger charge is -2.12. The summed E-state index contributed by atoms with van der Waals surface area (Å²) in [6.45, 7) is 4.08. The zero-order chi connectivity index (χ0) is 17.2. The summed E-state index contributed by atoms with van der Waals surface area (Å²) >= 11 is 1.73. The van der Waals surface area contributed by atoms with E-state index in [1.807, 2.05) is 36.4 Å². The van der Waals surface area contributed by atoms with Gasteiger partial charge in [0, 0.05) is 11.4 Å². The first-order chi connectivity index (χ1) is 12.2. The van der Waals surface area contributed by atoms with Crippen molar-refractivity contribution in [2.75, 3.05) is 13.2 Å². The molecule has 2 heterocycles. The van der Waals surface area contributed by atoms with Crippen molar-refractivity contribution in [3.8, 4) is 5.75 Å². The molecule has 0 aliphatic heterocycles. The van der Waals surface area contributed by atoms with Crippen molar-refractivity contribution in [2.24, 2.45) is 5.92 Å². The second-order valence-corrected chi connectivity index (χ2v) is 7.89. The molecule has 1 aliphatic rings. The summed E-state index contributed by atoms with van der Waals surface area (Å²) < 4.78 is 9.08. The van der Waals surface area contributed by atoms with E-state index in [1.165, 1.54) is 17.7 Å². The minimum Gasteiger partial charge on any atom is -0.492 e. The van der Waals surface area contributed by atoms with Gasteiger partial charge in [-0.05, 0) is 49.9 Å². The monoisotopic (exact) mass is 354 g/mol. The molecule has 1 aliphatic carbocycles. The van der Waals surface area contributed by atoms with Gasteiger partial charge in [0.25, 0.3) is 5.91 Å². The molecule has 1 aromatic carbocycles. The lowest BCUT2D eigenvalue weighted by atomic mass is 10.3. The predicted molar refractivity (Wildman–Crippen MR) is 102 cm³/mol. The van der Waals surface area contributed by atoms with Gasteiger partial charge in [-0.3, -0.25) is 4.79 Å². The van der Waals surface area contributed by atoms with Gasteiger partial charge in [0.2, 0.25) is 0 Å². The molecule has 1 fully saturated rings. The van der Waals surface area contributed by atoms with Crippen LogP contribution >= 0.6 is 11.3 Å². The molecule has 5 heteroatoms. The molecule has 4 nitrogen and oxygen atoms in total. The quantitative estimate of drug-likeness (QED) is 0.690. The van der Waals surface area contributed by atoms with Gasteiger partial charge in [0.15, 0.2) is 0 Å². The number of hydrogen-bond acceptors (Lipinski definition) is 3. The standard InChI is InChI=1S/C20H22N2O2S/c1-14-11-17-19(25-14)12-18(20(23)21-13-15-7-8-15)22(17)9-10-24-16-5-3-2-4-6-16/h2-6,11-12,15H,7-10,13H2,1H3,(H,21,23). The van der Waals surface area contributed by atoms with E-state index in [2.05, 4.69) is 22.9 Å². The molecule has 0 atom stereocenters. The number of rotatable bonds is 7. The van der Waals surface area contributed by atoms with Crippen LogP contribution < -0.4 is 10.1 Å². The van der Waals surface area contributed by atoms with Crippen LogP contribution in [-0.2, 0) is 6.54 Å². The van der Waals surface area contributed by atoms with Crippen LogP contribution in [0.2, 0.25) is 0 Å². The Kier molecular flexibility index (Phi) is 4.49. The molecule has 130 valence electrons. The van der Waals surface area contributed by atoms with Crippen molar-refractivity contribution in [3.63, 3.8) is 0 Å². The Bertz CT molecular complexity index is 878. The van der Waals surface area contributed by atoms with E-state index in [-0.39, 0.29) is 5.91 Å². The molecular formula is C20H22N2O2S. The lowest BCUT2D eigenvalue weighted by molar-refractivity contribution is 0.0942. The van der Waals surface area contributed by atoms with Crippen molar-refractivity contribution in [3.05, 3.63) is 53.0 Å². The fraction of sp³-hybridized carbons (Fsp3) is 0.350. The van der Waals surface area contributed by atoms with Crippen molar-refractivity contribution in [1.82, 2.24) is 9.88 Å². The molecule has 0 bridgehead atoms. The Labute approximate surface area is 151 Å². The molecule has 1 N–H and O–H groups in total. The number of nitrogens with one attached hydrogen (secondary N) is 1. The second-order valence-electron chi connectivity index (χ2n) is 6.60. The smallest absolute Gasteiger partial charge is 0.267 e. The van der Waals surface area contributed by atoms with Gasteiger partial charge in [-0.2, -0.15) is 0 Å². The van der Waals surface area contributed by atoms with Crippen LogP contribution in [-0.4, -0.2) is 23.6 Å². The predicted octanol–water partition coefficient (Wildman–Crippen LogP) is 4.23. The van der Waals surface area contributed by atoms with E-state index >= 15 is 0 Å². The first kappa shape index (κ1) is 16.2. The van der Waals surface area contributed by atoms with Crippen LogP contribution in [0.3, 0.4) is 0 Å². The van der Waals surface area contributed by atoms with Gasteiger partial charge in [-0.1, -0.05) is 18.2 Å². The molecule has 2 aromatic heterocycles. The van der Waals surface area contributed by atoms with Crippen LogP contribution in [0.4, 0.5) is 0 Å². The average molecular weight is 354 g/mol. The first-order valence-electron chi connectivity index (χ1n) is 8.76. The number of ether oxygens (including phenoxy) is 1. The lowest BCUT2D eigenvalue weighted by Crippen LogP contribution is -2.28. The average Bonchev–Trinajstić information content (AvgIpc) is 3.29. The number of carbonyl (C=O) groups excluding carboxylic acids is 1. The van der Waals surface area contributed by atoms with E-state index in [0.29, 0.717) is 19.1 Å². The Hall–Kier alpha value is -2.27. The largest absolute Gasteiger partial charge is 0.492 e. The Morgan fingerprint density at radius 2 is 2.08 bits per heavy atom. The molecule has 0 saturated heterocycles. The second kappa shape index (κ2) is 6.92. The number of carbonyl (C=O) groups is 1. The van der Waals surface area contributed by atoms with Crippen molar-refractivity contribution >= 4 is 27.5 Å². The van der Waals surface area contributed by atoms with E-state index in [1.54, 1.807) is 11.3 Å². The molecule has 1 saturated carbocycles. The molecule has 1 amide bonds. The molecule has 4 rings (SSSR count). The van der Waals surface area contributed by atoms with Crippen LogP contribution in [0.5, 0.6) is 5.75 Å². The fourth-order valence-electron chi connectivity index (χ4n) is 3.02. The normalized spacial score (nSPS) is 14.0. The summed E-state index contributed by atoms with van der Waals surface area (Å²) in [4.78, 5) is 13.9. The van der Waals surface area contributed by atoms with E-state index < -0.39 is 0 Å². The summed E-state index contributed by atoms with van der Waals surface area (Å²) in [5.74, 6) is 1.55. The third-order valence-corrected chi connectivity index (χ3v) is 5.51. The number of para-hydroxylation sites is 1. The summed E-state index contributed by atoms with van der Waals surface area (Å²) in [5, 5.41) is 3.08. The van der Waals surface area contributed by atoms with Crippen molar-refractivity contribution < 1.29 is 9.53 Å². The van der Waals surface area contributed by atoms with E-state index in [4.69, 9.17) is 4.74 Å². The van der Waals surface area contributed by atoms with Gasteiger partial charge < -0.3 is 14.6 Å². The third-order valence-electron chi connectivity index (χ3n) is 4.52. The number of thiophene rings is 1. The third kappa shape index (κ3) is 3.71. The maximum absolute atomic E-state index is 12.6. The van der Waals surface area contributed by atoms with Crippen molar-refractivity contribution in [2.45, 2.75) is 26.3 Å². The van der Waals surface area contributed by atoms with Crippen molar-refractivity contribution in [1.29, 1.82) is 0 Å². The van der Waals surface area contributed by atoms with Gasteiger partial charge in [-0.15, -0.1) is 11.3 Å². The van der Waals surface area contributed by atoms with E-state index in [9.17, 15) is 4.79 Å². The summed E-state index contributed by atoms with van der Waals surface area (Å²) in [6.07, 6.45) is 2.47. The van der Waals surface area contributed by atoms with Gasteiger partial charge >= 0.3 is 0 Å². The van der Waals surface area contributed by atoms with Gasteiger partial charge in [0.05, 0.1) is 16.8 Å². The summed E-state index contributed by atoms with van der Waals surface area (Å²) in [5.41, 5.74) is 1.86. The van der Waals surface area contributed by atoms with Gasteiger partial charge in [-0.25, -0.2) is 0 Å². The zero-order valence-corrected chi connectivity index (χ0v) is 15.1. The first-order valence-corrected chi connectivity index (χ1v) is 9.58. The van der Waals surface area contributed by atoms with Crippen LogP contribution in [0.25, 0.3) is 10.2 Å². The number of hydrogen-bond donors (Lipinski definition) is 1. The highest BCUT2D eigenvalue weighted by Gasteiger charge is 2.23. The number of fused-ring (bicyclic) bond motifs is 1. The van der Waals surface area contributed by atoms with Crippen LogP contribution in [0, 0.1) is 12.8 Å². The highest BCUT2D eigenvalue weighted by atomic mass is 32.1. The summed E-state index contributed by atoms with van der Waals surface area (Å²) in [7, 11) is 0. The number of nitrogens with zero attached hydrogens (tertiary/aromatic N) is 1. The number of aromatic nitrogens is 1. The minimum absolute atomic E-state index is 0.0210. The molecule has 0 unspecified atom stereocenters. The Balaban J connectivity index is 1.51. The van der Waals surface area contributed by atoms with E-state index in [0.717, 1.165) is 28.2 Å². The Morgan fingerprint density at radius 3 is 2.84 bits per heavy atom. The number of aryl methyl sites for hydroxylation is 1. The Morgan fingerprint density at radius 1 is 1.28 bits per heavy atom. The SMILES string of the molecule is Cc1cc2c(cc(C(=O)NCC3CC3)n2CCOc2ccccc2)s1. The molecule has 0 spiro atoms. The summed E-state index contributed by atoms with van der Waals surface area (Å²) in [6, 6.07) is 14.0. The minimum atomic E-state index is 0.0210.